The lowest BCUT2D eigenvalue weighted by molar-refractivity contribution is 0.0673. The fourth-order valence-corrected chi connectivity index (χ4v) is 3.92. The Hall–Kier alpha value is -3.54. The maximum absolute atomic E-state index is 13.2. The van der Waals surface area contributed by atoms with Crippen molar-refractivity contribution in [2.45, 2.75) is 13.8 Å². The highest BCUT2D eigenvalue weighted by atomic mass is 16.4. The minimum absolute atomic E-state index is 0.0275. The standard InChI is InChI=1S/C24H25N3O3/c1-4-6-7-19(5-2)25-12-14-26(15-13-25)23(28)18-9-10-20-21(16-18)27-17(3)8-11-22(27)30-24(20)29/h4-11,16H,2,12-15H2,1,3H3/b6-4-,19-7+. The Morgan fingerprint density at radius 1 is 1.10 bits per heavy atom. The number of nitrogens with zero attached hydrogens (tertiary/aromatic N) is 3. The summed E-state index contributed by atoms with van der Waals surface area (Å²) in [6.07, 6.45) is 7.85. The monoisotopic (exact) mass is 403 g/mol. The van der Waals surface area contributed by atoms with E-state index in [9.17, 15) is 9.59 Å². The smallest absolute Gasteiger partial charge is 0.346 e. The van der Waals surface area contributed by atoms with Crippen LogP contribution in [0.15, 0.2) is 76.1 Å². The number of amides is 1. The summed E-state index contributed by atoms with van der Waals surface area (Å²) in [5, 5.41) is 0.466. The van der Waals surface area contributed by atoms with Gasteiger partial charge in [-0.1, -0.05) is 18.7 Å². The van der Waals surface area contributed by atoms with E-state index in [2.05, 4.69) is 11.5 Å². The number of aromatic nitrogens is 1. The van der Waals surface area contributed by atoms with Gasteiger partial charge in [-0.05, 0) is 50.3 Å². The summed E-state index contributed by atoms with van der Waals surface area (Å²) in [6, 6.07) is 8.84. The van der Waals surface area contributed by atoms with E-state index in [1.165, 1.54) is 0 Å². The molecule has 154 valence electrons. The van der Waals surface area contributed by atoms with Gasteiger partial charge in [0.1, 0.15) is 0 Å². The second kappa shape index (κ2) is 8.06. The van der Waals surface area contributed by atoms with Crippen LogP contribution in [0.5, 0.6) is 0 Å². The Kier molecular flexibility index (Phi) is 5.31. The fourth-order valence-electron chi connectivity index (χ4n) is 3.92. The number of piperazine rings is 1. The molecule has 0 aliphatic carbocycles. The summed E-state index contributed by atoms with van der Waals surface area (Å²) in [4.78, 5) is 29.5. The Labute approximate surface area is 175 Å². The molecule has 1 aliphatic heterocycles. The van der Waals surface area contributed by atoms with Crippen LogP contribution in [0.4, 0.5) is 0 Å². The van der Waals surface area contributed by atoms with Crippen LogP contribution in [-0.2, 0) is 0 Å². The minimum atomic E-state index is -0.395. The highest BCUT2D eigenvalue weighted by molar-refractivity contribution is 5.98. The average Bonchev–Trinajstić information content (AvgIpc) is 3.14. The first kappa shape index (κ1) is 19.8. The van der Waals surface area contributed by atoms with Gasteiger partial charge in [0.2, 0.25) is 5.71 Å². The molecule has 0 atom stereocenters. The molecule has 1 aromatic carbocycles. The molecule has 1 aliphatic rings. The zero-order valence-electron chi connectivity index (χ0n) is 17.3. The van der Waals surface area contributed by atoms with Crippen molar-refractivity contribution in [1.29, 1.82) is 0 Å². The van der Waals surface area contributed by atoms with Crippen molar-refractivity contribution in [2.75, 3.05) is 26.2 Å². The van der Waals surface area contributed by atoms with Crippen LogP contribution >= 0.6 is 0 Å². The molecule has 0 bridgehead atoms. The molecule has 1 amide bonds. The van der Waals surface area contributed by atoms with Crippen molar-refractivity contribution in [3.8, 4) is 0 Å². The van der Waals surface area contributed by atoms with Gasteiger partial charge in [0.25, 0.3) is 5.91 Å². The topological polar surface area (TPSA) is 58.2 Å². The first-order valence-electron chi connectivity index (χ1n) is 10.1. The predicted molar refractivity (Wildman–Crippen MR) is 119 cm³/mol. The summed E-state index contributed by atoms with van der Waals surface area (Å²) >= 11 is 0. The van der Waals surface area contributed by atoms with Gasteiger partial charge in [0.05, 0.1) is 10.9 Å². The Morgan fingerprint density at radius 2 is 1.83 bits per heavy atom. The van der Waals surface area contributed by atoms with E-state index in [-0.39, 0.29) is 5.91 Å². The molecular weight excluding hydrogens is 378 g/mol. The Morgan fingerprint density at radius 3 is 2.53 bits per heavy atom. The molecule has 6 nitrogen and oxygen atoms in total. The van der Waals surface area contributed by atoms with Gasteiger partial charge in [0.15, 0.2) is 0 Å². The molecular formula is C24H25N3O3. The SMILES string of the molecule is C=C/C(=C\C=C/C)N1CCN(C(=O)c2ccc3c(=O)oc4ccc(C)n4c3c2)CC1. The third-order valence-corrected chi connectivity index (χ3v) is 5.54. The highest BCUT2D eigenvalue weighted by Gasteiger charge is 2.23. The normalized spacial score (nSPS) is 15.5. The average molecular weight is 403 g/mol. The molecule has 1 fully saturated rings. The van der Waals surface area contributed by atoms with Crippen molar-refractivity contribution in [1.82, 2.24) is 14.2 Å². The second-order valence-corrected chi connectivity index (χ2v) is 7.37. The molecule has 0 N–H and O–H groups in total. The van der Waals surface area contributed by atoms with E-state index < -0.39 is 5.63 Å². The number of rotatable bonds is 4. The van der Waals surface area contributed by atoms with Crippen molar-refractivity contribution >= 4 is 22.5 Å². The number of hydrogen-bond donors (Lipinski definition) is 0. The summed E-state index contributed by atoms with van der Waals surface area (Å²) in [5.74, 6) is -0.0275. The Balaban J connectivity index is 1.60. The maximum atomic E-state index is 13.2. The number of aryl methyl sites for hydroxylation is 1. The zero-order chi connectivity index (χ0) is 21.3. The third-order valence-electron chi connectivity index (χ3n) is 5.54. The van der Waals surface area contributed by atoms with E-state index in [1.807, 2.05) is 53.5 Å². The van der Waals surface area contributed by atoms with Crippen molar-refractivity contribution in [2.24, 2.45) is 0 Å². The number of carbonyl (C=O) groups is 1. The van der Waals surface area contributed by atoms with Crippen LogP contribution in [0.3, 0.4) is 0 Å². The maximum Gasteiger partial charge on any atom is 0.346 e. The van der Waals surface area contributed by atoms with E-state index >= 15 is 0 Å². The molecule has 3 aromatic rings. The van der Waals surface area contributed by atoms with Crippen molar-refractivity contribution < 1.29 is 9.21 Å². The zero-order valence-corrected chi connectivity index (χ0v) is 17.3. The summed E-state index contributed by atoms with van der Waals surface area (Å²) in [6.45, 7) is 10.6. The molecule has 2 aromatic heterocycles. The van der Waals surface area contributed by atoms with Crippen LogP contribution in [0.25, 0.3) is 16.6 Å². The highest BCUT2D eigenvalue weighted by Crippen LogP contribution is 2.20. The van der Waals surface area contributed by atoms with E-state index in [0.29, 0.717) is 35.3 Å². The van der Waals surface area contributed by atoms with E-state index in [0.717, 1.165) is 24.5 Å². The first-order chi connectivity index (χ1) is 14.5. The number of carbonyl (C=O) groups excluding carboxylic acids is 1. The minimum Gasteiger partial charge on any atom is -0.405 e. The lowest BCUT2D eigenvalue weighted by Gasteiger charge is -2.36. The molecule has 0 saturated carbocycles. The van der Waals surface area contributed by atoms with Gasteiger partial charge in [0, 0.05) is 49.2 Å². The number of allylic oxidation sites excluding steroid dienone is 4. The van der Waals surface area contributed by atoms with Gasteiger partial charge in [-0.2, -0.15) is 0 Å². The summed E-state index contributed by atoms with van der Waals surface area (Å²) in [7, 11) is 0. The predicted octanol–water partition coefficient (Wildman–Crippen LogP) is 3.76. The first-order valence-corrected chi connectivity index (χ1v) is 10.1. The van der Waals surface area contributed by atoms with E-state index in [4.69, 9.17) is 4.42 Å². The van der Waals surface area contributed by atoms with Crippen LogP contribution in [-0.4, -0.2) is 46.3 Å². The van der Waals surface area contributed by atoms with Crippen molar-refractivity contribution in [3.05, 3.63) is 88.6 Å². The van der Waals surface area contributed by atoms with Crippen LogP contribution in [0.2, 0.25) is 0 Å². The van der Waals surface area contributed by atoms with Gasteiger partial charge >= 0.3 is 5.63 Å². The largest absolute Gasteiger partial charge is 0.405 e. The summed E-state index contributed by atoms with van der Waals surface area (Å²) in [5.41, 5.74) is 3.35. The number of fused-ring (bicyclic) bond motifs is 3. The van der Waals surface area contributed by atoms with E-state index in [1.54, 1.807) is 24.3 Å². The lowest BCUT2D eigenvalue weighted by Crippen LogP contribution is -2.48. The lowest BCUT2D eigenvalue weighted by atomic mass is 10.1. The van der Waals surface area contributed by atoms with Gasteiger partial charge in [-0.25, -0.2) is 4.79 Å². The fraction of sp³-hybridized carbons (Fsp3) is 0.250. The molecule has 4 rings (SSSR count). The third kappa shape index (κ3) is 3.45. The van der Waals surface area contributed by atoms with Crippen LogP contribution < -0.4 is 5.63 Å². The molecule has 30 heavy (non-hydrogen) atoms. The molecule has 6 heteroatoms. The quantitative estimate of drug-likeness (QED) is 0.623. The van der Waals surface area contributed by atoms with Gasteiger partial charge in [-0.15, -0.1) is 0 Å². The van der Waals surface area contributed by atoms with Crippen LogP contribution in [0.1, 0.15) is 23.0 Å². The molecule has 0 unspecified atom stereocenters. The molecule has 0 spiro atoms. The summed E-state index contributed by atoms with van der Waals surface area (Å²) < 4.78 is 7.24. The van der Waals surface area contributed by atoms with Crippen molar-refractivity contribution in [3.63, 3.8) is 0 Å². The molecule has 3 heterocycles. The van der Waals surface area contributed by atoms with Gasteiger partial charge < -0.3 is 14.2 Å². The van der Waals surface area contributed by atoms with Gasteiger partial charge in [-0.3, -0.25) is 9.20 Å². The molecule has 1 saturated heterocycles. The molecule has 0 radical (unpaired) electrons. The number of benzene rings is 1. The number of hydrogen-bond acceptors (Lipinski definition) is 4. The van der Waals surface area contributed by atoms with Crippen LogP contribution in [0, 0.1) is 6.92 Å². The Bertz CT molecular complexity index is 1240. The second-order valence-electron chi connectivity index (χ2n) is 7.37.